The Balaban J connectivity index is 2.10. The number of carbonyl (C=O) groups is 2. The van der Waals surface area contributed by atoms with Crippen LogP contribution in [0.5, 0.6) is 0 Å². The van der Waals surface area contributed by atoms with Gasteiger partial charge in [0.2, 0.25) is 0 Å². The standard InChI is InChI=1S/C14H18ClNO4/c1-2-19-13(17)10-16-8-3-9-20-14(18)11-4-6-12(15)7-5-11/h4-7,16H,2-3,8-10H2,1H3. The third kappa shape index (κ3) is 6.54. The zero-order chi connectivity index (χ0) is 14.8. The highest BCUT2D eigenvalue weighted by atomic mass is 35.5. The highest BCUT2D eigenvalue weighted by Gasteiger charge is 2.06. The van der Waals surface area contributed by atoms with Crippen LogP contribution in [0.2, 0.25) is 5.02 Å². The molecule has 0 heterocycles. The van der Waals surface area contributed by atoms with Gasteiger partial charge in [0.05, 0.1) is 25.3 Å². The minimum atomic E-state index is -0.382. The van der Waals surface area contributed by atoms with Crippen molar-refractivity contribution in [3.63, 3.8) is 0 Å². The lowest BCUT2D eigenvalue weighted by Crippen LogP contribution is -2.26. The maximum atomic E-state index is 11.6. The quantitative estimate of drug-likeness (QED) is 0.588. The van der Waals surface area contributed by atoms with E-state index in [0.717, 1.165) is 0 Å². The van der Waals surface area contributed by atoms with E-state index in [-0.39, 0.29) is 25.1 Å². The fraction of sp³-hybridized carbons (Fsp3) is 0.429. The van der Waals surface area contributed by atoms with E-state index in [9.17, 15) is 9.59 Å². The number of ether oxygens (including phenoxy) is 2. The molecule has 6 heteroatoms. The molecule has 0 bridgehead atoms. The Morgan fingerprint density at radius 1 is 1.20 bits per heavy atom. The Bertz CT molecular complexity index is 433. The van der Waals surface area contributed by atoms with Gasteiger partial charge in [-0.15, -0.1) is 0 Å². The van der Waals surface area contributed by atoms with E-state index >= 15 is 0 Å². The number of carbonyl (C=O) groups excluding carboxylic acids is 2. The largest absolute Gasteiger partial charge is 0.465 e. The number of halogens is 1. The lowest BCUT2D eigenvalue weighted by Gasteiger charge is -2.06. The smallest absolute Gasteiger partial charge is 0.338 e. The van der Waals surface area contributed by atoms with Gasteiger partial charge in [0.25, 0.3) is 0 Å². The summed E-state index contributed by atoms with van der Waals surface area (Å²) in [7, 11) is 0. The van der Waals surface area contributed by atoms with E-state index in [1.165, 1.54) is 0 Å². The van der Waals surface area contributed by atoms with Crippen LogP contribution in [0.4, 0.5) is 0 Å². The molecule has 5 nitrogen and oxygen atoms in total. The summed E-state index contributed by atoms with van der Waals surface area (Å²) >= 11 is 5.73. The predicted octanol–water partition coefficient (Wildman–Crippen LogP) is 2.04. The summed E-state index contributed by atoms with van der Waals surface area (Å²) in [6.07, 6.45) is 0.624. The van der Waals surface area contributed by atoms with E-state index in [2.05, 4.69) is 5.32 Å². The topological polar surface area (TPSA) is 64.6 Å². The molecular formula is C14H18ClNO4. The molecule has 0 spiro atoms. The van der Waals surface area contributed by atoms with Crippen LogP contribution in [0.1, 0.15) is 23.7 Å². The third-order valence-corrected chi connectivity index (χ3v) is 2.64. The second-order valence-corrected chi connectivity index (χ2v) is 4.41. The SMILES string of the molecule is CCOC(=O)CNCCCOC(=O)c1ccc(Cl)cc1. The Labute approximate surface area is 123 Å². The Kier molecular flexibility index (Phi) is 7.69. The minimum Gasteiger partial charge on any atom is -0.465 e. The Hall–Kier alpha value is -1.59. The second-order valence-electron chi connectivity index (χ2n) is 3.98. The van der Waals surface area contributed by atoms with Gasteiger partial charge in [-0.05, 0) is 44.2 Å². The molecule has 1 N–H and O–H groups in total. The van der Waals surface area contributed by atoms with E-state index in [1.54, 1.807) is 31.2 Å². The molecule has 0 aliphatic rings. The van der Waals surface area contributed by atoms with Crippen LogP contribution < -0.4 is 5.32 Å². The van der Waals surface area contributed by atoms with Gasteiger partial charge in [-0.3, -0.25) is 4.79 Å². The molecule has 0 atom stereocenters. The van der Waals surface area contributed by atoms with Crippen molar-refractivity contribution in [2.45, 2.75) is 13.3 Å². The van der Waals surface area contributed by atoms with Gasteiger partial charge < -0.3 is 14.8 Å². The van der Waals surface area contributed by atoms with E-state index in [0.29, 0.717) is 30.2 Å². The van der Waals surface area contributed by atoms with Crippen LogP contribution in [-0.2, 0) is 14.3 Å². The van der Waals surface area contributed by atoms with Gasteiger partial charge in [0, 0.05) is 5.02 Å². The predicted molar refractivity (Wildman–Crippen MR) is 75.9 cm³/mol. The molecule has 0 unspecified atom stereocenters. The molecule has 0 fully saturated rings. The molecule has 0 aliphatic heterocycles. The van der Waals surface area contributed by atoms with E-state index < -0.39 is 0 Å². The van der Waals surface area contributed by atoms with Crippen LogP contribution in [-0.4, -0.2) is 38.2 Å². The monoisotopic (exact) mass is 299 g/mol. The fourth-order valence-corrected chi connectivity index (χ4v) is 1.56. The van der Waals surface area contributed by atoms with Crippen molar-refractivity contribution in [3.05, 3.63) is 34.9 Å². The lowest BCUT2D eigenvalue weighted by atomic mass is 10.2. The molecule has 20 heavy (non-hydrogen) atoms. The summed E-state index contributed by atoms with van der Waals surface area (Å²) in [5, 5.41) is 3.48. The molecule has 1 rings (SSSR count). The van der Waals surface area contributed by atoms with Crippen LogP contribution in [0, 0.1) is 0 Å². The van der Waals surface area contributed by atoms with Gasteiger partial charge >= 0.3 is 11.9 Å². The molecule has 0 aliphatic carbocycles. The maximum Gasteiger partial charge on any atom is 0.338 e. The summed E-state index contributed by atoms with van der Waals surface area (Å²) in [5.41, 5.74) is 0.467. The van der Waals surface area contributed by atoms with Crippen LogP contribution >= 0.6 is 11.6 Å². The van der Waals surface area contributed by atoms with Crippen molar-refractivity contribution in [2.75, 3.05) is 26.3 Å². The number of nitrogens with one attached hydrogen (secondary N) is 1. The molecule has 1 aromatic carbocycles. The summed E-state index contributed by atoms with van der Waals surface area (Å²) in [4.78, 5) is 22.6. The zero-order valence-electron chi connectivity index (χ0n) is 11.4. The van der Waals surface area contributed by atoms with Crippen LogP contribution in [0.15, 0.2) is 24.3 Å². The fourth-order valence-electron chi connectivity index (χ4n) is 1.43. The minimum absolute atomic E-state index is 0.166. The molecule has 110 valence electrons. The first-order valence-corrected chi connectivity index (χ1v) is 6.80. The van der Waals surface area contributed by atoms with Crippen molar-refractivity contribution in [1.29, 1.82) is 0 Å². The Morgan fingerprint density at radius 2 is 1.90 bits per heavy atom. The van der Waals surface area contributed by atoms with Gasteiger partial charge in [0.15, 0.2) is 0 Å². The number of rotatable bonds is 8. The van der Waals surface area contributed by atoms with E-state index in [4.69, 9.17) is 21.1 Å². The zero-order valence-corrected chi connectivity index (χ0v) is 12.1. The van der Waals surface area contributed by atoms with E-state index in [1.807, 2.05) is 0 Å². The summed E-state index contributed by atoms with van der Waals surface area (Å²) in [6, 6.07) is 6.51. The summed E-state index contributed by atoms with van der Waals surface area (Å²) in [5.74, 6) is -0.669. The first-order chi connectivity index (χ1) is 9.63. The normalized spacial score (nSPS) is 10.1. The first kappa shape index (κ1) is 16.5. The lowest BCUT2D eigenvalue weighted by molar-refractivity contribution is -0.142. The second kappa shape index (κ2) is 9.34. The van der Waals surface area contributed by atoms with Crippen LogP contribution in [0.25, 0.3) is 0 Å². The number of esters is 2. The molecular weight excluding hydrogens is 282 g/mol. The first-order valence-electron chi connectivity index (χ1n) is 6.42. The molecule has 0 amide bonds. The molecule has 0 aromatic heterocycles. The van der Waals surface area contributed by atoms with Gasteiger partial charge in [-0.2, -0.15) is 0 Å². The number of hydrogen-bond donors (Lipinski definition) is 1. The van der Waals surface area contributed by atoms with Crippen molar-refractivity contribution < 1.29 is 19.1 Å². The number of benzene rings is 1. The number of hydrogen-bond acceptors (Lipinski definition) is 5. The van der Waals surface area contributed by atoms with Crippen molar-refractivity contribution in [2.24, 2.45) is 0 Å². The Morgan fingerprint density at radius 3 is 2.55 bits per heavy atom. The van der Waals surface area contributed by atoms with Crippen LogP contribution in [0.3, 0.4) is 0 Å². The van der Waals surface area contributed by atoms with Crippen molar-refractivity contribution >= 4 is 23.5 Å². The molecule has 0 saturated carbocycles. The molecule has 0 radical (unpaired) electrons. The summed E-state index contributed by atoms with van der Waals surface area (Å²) in [6.45, 7) is 3.16. The van der Waals surface area contributed by atoms with Gasteiger partial charge in [-0.1, -0.05) is 11.6 Å². The van der Waals surface area contributed by atoms with Crippen molar-refractivity contribution in [3.8, 4) is 0 Å². The molecule has 1 aromatic rings. The third-order valence-electron chi connectivity index (χ3n) is 2.39. The average molecular weight is 300 g/mol. The highest BCUT2D eigenvalue weighted by Crippen LogP contribution is 2.10. The highest BCUT2D eigenvalue weighted by molar-refractivity contribution is 6.30. The van der Waals surface area contributed by atoms with Crippen molar-refractivity contribution in [1.82, 2.24) is 5.32 Å². The molecule has 0 saturated heterocycles. The summed E-state index contributed by atoms with van der Waals surface area (Å²) < 4.78 is 9.84. The average Bonchev–Trinajstić information content (AvgIpc) is 2.43. The maximum absolute atomic E-state index is 11.6. The van der Waals surface area contributed by atoms with Gasteiger partial charge in [-0.25, -0.2) is 4.79 Å². The van der Waals surface area contributed by atoms with Gasteiger partial charge in [0.1, 0.15) is 0 Å².